The van der Waals surface area contributed by atoms with Gasteiger partial charge in [0.05, 0.1) is 32.4 Å². The van der Waals surface area contributed by atoms with Gasteiger partial charge in [0.2, 0.25) is 0 Å². The van der Waals surface area contributed by atoms with E-state index in [1.165, 1.54) is 71.3 Å². The van der Waals surface area contributed by atoms with E-state index in [-0.39, 0.29) is 67.2 Å². The molecule has 12 nitrogen and oxygen atoms in total. The minimum Gasteiger partial charge on any atom is -0.550 e. The number of carbonyl (C=O) groups is 2. The second kappa shape index (κ2) is 48.5. The molecular weight excluding hydrogens is 695 g/mol. The van der Waals surface area contributed by atoms with Crippen LogP contribution in [-0.4, -0.2) is 54.6 Å². The molecule has 0 aromatic heterocycles. The summed E-state index contributed by atoms with van der Waals surface area (Å²) in [6, 6.07) is -0.566. The first-order valence-corrected chi connectivity index (χ1v) is 20.1. The SMILES string of the molecule is COC(=O)CCC/C=C\CCCCCCC/C=C\CCC[C@H](CO)N=[N+]=[N-].[N-]=[N+]=N[C@@H](CO)CCC/C=C\CCCCCCC/C=C\CCCC(=O)[O-].[Na+]. The molecule has 0 heterocycles. The first-order valence-electron chi connectivity index (χ1n) is 20.1. The molecule has 0 aliphatic rings. The third-order valence-electron chi connectivity index (χ3n) is 8.55. The van der Waals surface area contributed by atoms with Crippen molar-refractivity contribution in [2.24, 2.45) is 10.2 Å². The summed E-state index contributed by atoms with van der Waals surface area (Å²) in [6.07, 6.45) is 43.6. The Morgan fingerprint density at radius 2 is 0.852 bits per heavy atom. The summed E-state index contributed by atoms with van der Waals surface area (Å²) < 4.78 is 4.61. The Morgan fingerprint density at radius 3 is 1.15 bits per heavy atom. The smallest absolute Gasteiger partial charge is 0.550 e. The quantitative estimate of drug-likeness (QED) is 0.0125. The van der Waals surface area contributed by atoms with Crippen LogP contribution < -0.4 is 34.7 Å². The van der Waals surface area contributed by atoms with E-state index >= 15 is 0 Å². The van der Waals surface area contributed by atoms with Gasteiger partial charge in [-0.2, -0.15) is 0 Å². The Morgan fingerprint density at radius 1 is 0.556 bits per heavy atom. The predicted octanol–water partition coefficient (Wildman–Crippen LogP) is 7.61. The van der Waals surface area contributed by atoms with Gasteiger partial charge in [-0.25, -0.2) is 0 Å². The van der Waals surface area contributed by atoms with Crippen molar-refractivity contribution in [1.29, 1.82) is 0 Å². The van der Waals surface area contributed by atoms with Gasteiger partial charge in [-0.15, -0.1) is 0 Å². The van der Waals surface area contributed by atoms with Gasteiger partial charge in [0.1, 0.15) is 0 Å². The number of carbonyl (C=O) groups excluding carboxylic acids is 2. The van der Waals surface area contributed by atoms with Gasteiger partial charge < -0.3 is 24.9 Å². The number of aliphatic carboxylic acids is 1. The zero-order valence-electron chi connectivity index (χ0n) is 33.8. The Kier molecular flexibility index (Phi) is 50.1. The number of rotatable bonds is 36. The predicted molar refractivity (Wildman–Crippen MR) is 214 cm³/mol. The number of aliphatic hydroxyl groups excluding tert-OH is 2. The Hall–Kier alpha value is -2.56. The fraction of sp³-hybridized carbons (Fsp3) is 0.756. The molecule has 0 radical (unpaired) electrons. The van der Waals surface area contributed by atoms with Crippen molar-refractivity contribution in [3.63, 3.8) is 0 Å². The van der Waals surface area contributed by atoms with Gasteiger partial charge >= 0.3 is 35.5 Å². The number of hydrogen-bond donors (Lipinski definition) is 2. The van der Waals surface area contributed by atoms with Crippen LogP contribution in [0, 0.1) is 0 Å². The normalized spacial score (nSPS) is 12.2. The molecule has 0 saturated heterocycles. The summed E-state index contributed by atoms with van der Waals surface area (Å²) in [5, 5.41) is 35.3. The van der Waals surface area contributed by atoms with E-state index in [9.17, 15) is 14.7 Å². The number of methoxy groups -OCH3 is 1. The zero-order chi connectivity index (χ0) is 39.3. The van der Waals surface area contributed by atoms with Gasteiger partial charge in [-0.1, -0.05) is 97.4 Å². The van der Waals surface area contributed by atoms with E-state index in [1.54, 1.807) is 0 Å². The molecule has 0 aromatic carbocycles. The number of unbranched alkanes of at least 4 members (excludes halogenated alkanes) is 16. The second-order valence-electron chi connectivity index (χ2n) is 13.3. The number of azide groups is 2. The third kappa shape index (κ3) is 47.5. The molecule has 0 saturated carbocycles. The van der Waals surface area contributed by atoms with Crippen molar-refractivity contribution >= 4 is 11.9 Å². The van der Waals surface area contributed by atoms with Gasteiger partial charge in [0.25, 0.3) is 0 Å². The minimum atomic E-state index is -0.964. The number of aliphatic hydroxyl groups is 2. The van der Waals surface area contributed by atoms with Crippen LogP contribution in [0.1, 0.15) is 167 Å². The van der Waals surface area contributed by atoms with Gasteiger partial charge in [0.15, 0.2) is 0 Å². The molecule has 2 N–H and O–H groups in total. The fourth-order valence-corrected chi connectivity index (χ4v) is 5.34. The van der Waals surface area contributed by atoms with Crippen molar-refractivity contribution in [2.45, 2.75) is 179 Å². The number of carboxylic acids is 1. The fourth-order valence-electron chi connectivity index (χ4n) is 5.34. The average Bonchev–Trinajstić information content (AvgIpc) is 3.16. The monoisotopic (exact) mass is 767 g/mol. The van der Waals surface area contributed by atoms with Crippen LogP contribution in [0.5, 0.6) is 0 Å². The molecule has 0 fully saturated rings. The first-order chi connectivity index (χ1) is 25.9. The molecule has 2 atom stereocenters. The maximum Gasteiger partial charge on any atom is 1.00 e. The summed E-state index contributed by atoms with van der Waals surface area (Å²) in [7, 11) is 1.43. The molecule has 0 aliphatic heterocycles. The summed E-state index contributed by atoms with van der Waals surface area (Å²) >= 11 is 0. The molecule has 13 heteroatoms. The number of nitrogens with zero attached hydrogens (tertiary/aromatic N) is 6. The van der Waals surface area contributed by atoms with Crippen molar-refractivity contribution in [2.75, 3.05) is 20.3 Å². The Bertz CT molecular complexity index is 1070. The summed E-state index contributed by atoms with van der Waals surface area (Å²) in [6.45, 7) is -0.148. The standard InChI is InChI=1S/C21H37N3O3.C20H35N3O3.Na/c1-27-21(26)18-16-14-12-10-8-6-4-2-3-5-7-9-11-13-15-17-20(19-25)23-24-22;21-23-22-19(18-24)16-14-12-10-8-6-4-2-1-3-5-7-9-11-13-15-17-20(25)26;/h9-12,20,25H,2-8,13-19H2,1H3;8-11,19,24H,1-7,12-18H2,(H,25,26);/q;;+1/p-1/b11-9-,12-10-;10-8-,11-9-;/t20-;19-;/m11./s1. The van der Waals surface area contributed by atoms with Gasteiger partial charge in [-0.05, 0) is 133 Å². The zero-order valence-corrected chi connectivity index (χ0v) is 35.8. The number of allylic oxidation sites excluding steroid dienone is 8. The van der Waals surface area contributed by atoms with Crippen LogP contribution in [0.2, 0.25) is 0 Å². The molecule has 302 valence electrons. The number of ether oxygens (including phenoxy) is 1. The van der Waals surface area contributed by atoms with Crippen molar-refractivity contribution in [3.8, 4) is 0 Å². The molecule has 0 bridgehead atoms. The Balaban J connectivity index is -0.000000946. The molecule has 0 spiro atoms. The molecule has 0 amide bonds. The summed E-state index contributed by atoms with van der Waals surface area (Å²) in [4.78, 5) is 26.6. The molecular formula is C41H71N6NaO6. The van der Waals surface area contributed by atoms with Crippen LogP contribution >= 0.6 is 0 Å². The van der Waals surface area contributed by atoms with Crippen LogP contribution in [0.4, 0.5) is 0 Å². The van der Waals surface area contributed by atoms with Crippen molar-refractivity contribution in [1.82, 2.24) is 0 Å². The molecule has 0 aromatic rings. The molecule has 54 heavy (non-hydrogen) atoms. The van der Waals surface area contributed by atoms with Gasteiger partial charge in [-0.3, -0.25) is 4.79 Å². The third-order valence-corrected chi connectivity index (χ3v) is 8.55. The average molecular weight is 767 g/mol. The molecule has 0 aliphatic carbocycles. The Labute approximate surface area is 348 Å². The number of esters is 1. The largest absolute Gasteiger partial charge is 1.00 e. The van der Waals surface area contributed by atoms with Crippen LogP contribution in [-0.2, 0) is 14.3 Å². The minimum absolute atomic E-state index is 0. The summed E-state index contributed by atoms with van der Waals surface area (Å²) in [5.74, 6) is -1.09. The van der Waals surface area contributed by atoms with E-state index < -0.39 is 5.97 Å². The van der Waals surface area contributed by atoms with E-state index in [2.05, 4.69) is 73.4 Å². The first kappa shape index (κ1) is 55.8. The summed E-state index contributed by atoms with van der Waals surface area (Å²) in [5.41, 5.74) is 16.7. The van der Waals surface area contributed by atoms with E-state index in [4.69, 9.17) is 21.3 Å². The van der Waals surface area contributed by atoms with Crippen LogP contribution in [0.15, 0.2) is 58.8 Å². The molecule has 0 rings (SSSR count). The van der Waals surface area contributed by atoms with Crippen LogP contribution in [0.25, 0.3) is 20.9 Å². The van der Waals surface area contributed by atoms with E-state index in [0.29, 0.717) is 12.8 Å². The number of carboxylic acid groups (broad SMARTS) is 1. The van der Waals surface area contributed by atoms with E-state index in [1.807, 2.05) is 0 Å². The maximum absolute atomic E-state index is 10.9. The molecule has 0 unspecified atom stereocenters. The van der Waals surface area contributed by atoms with E-state index in [0.717, 1.165) is 83.5 Å². The second-order valence-corrected chi connectivity index (χ2v) is 13.3. The van der Waals surface area contributed by atoms with Crippen LogP contribution in [0.3, 0.4) is 0 Å². The van der Waals surface area contributed by atoms with Gasteiger partial charge in [0, 0.05) is 22.2 Å². The maximum atomic E-state index is 10.9. The van der Waals surface area contributed by atoms with Crippen molar-refractivity contribution < 1.29 is 59.2 Å². The number of hydrogen-bond acceptors (Lipinski definition) is 8. The topological polar surface area (TPSA) is 204 Å². The van der Waals surface area contributed by atoms with Crippen molar-refractivity contribution in [3.05, 3.63) is 69.5 Å².